The van der Waals surface area contributed by atoms with Crippen molar-refractivity contribution in [2.75, 3.05) is 25.1 Å². The van der Waals surface area contributed by atoms with Crippen LogP contribution >= 0.6 is 11.6 Å². The number of aliphatic carboxylic acids is 1. The maximum absolute atomic E-state index is 12.7. The fraction of sp³-hybridized carbons (Fsp3) is 0.389. The van der Waals surface area contributed by atoms with Crippen LogP contribution in [0.3, 0.4) is 0 Å². The number of fused-ring (bicyclic) bond motifs is 1. The van der Waals surface area contributed by atoms with Gasteiger partial charge in [0.15, 0.2) is 0 Å². The first-order chi connectivity index (χ1) is 13.8. The van der Waals surface area contributed by atoms with Gasteiger partial charge >= 0.3 is 5.97 Å². The second-order valence-electron chi connectivity index (χ2n) is 6.91. The van der Waals surface area contributed by atoms with Crippen LogP contribution in [0.2, 0.25) is 5.02 Å². The minimum absolute atomic E-state index is 0.0261. The Hall–Kier alpha value is -2.27. The smallest absolute Gasteiger partial charge is 0.318 e. The molecule has 0 saturated carbocycles. The molecule has 2 aliphatic rings. The first-order valence-electron chi connectivity index (χ1n) is 9.06. The van der Waals surface area contributed by atoms with E-state index in [-0.39, 0.29) is 17.5 Å². The van der Waals surface area contributed by atoms with Crippen LogP contribution in [0.1, 0.15) is 18.4 Å². The summed E-state index contributed by atoms with van der Waals surface area (Å²) in [7, 11) is -3.88. The van der Waals surface area contributed by atoms with Gasteiger partial charge in [-0.1, -0.05) is 23.7 Å². The summed E-state index contributed by atoms with van der Waals surface area (Å²) in [5.41, 5.74) is 1.47. The van der Waals surface area contributed by atoms with E-state index < -0.39 is 22.5 Å². The number of carbonyl (C=O) groups is 1. The van der Waals surface area contributed by atoms with E-state index in [1.54, 1.807) is 12.1 Å². The molecule has 0 bridgehead atoms. The van der Waals surface area contributed by atoms with Crippen molar-refractivity contribution in [1.29, 1.82) is 0 Å². The molecule has 1 aromatic carbocycles. The summed E-state index contributed by atoms with van der Waals surface area (Å²) >= 11 is 6.28. The highest BCUT2D eigenvalue weighted by molar-refractivity contribution is 7.89. The zero-order valence-corrected chi connectivity index (χ0v) is 16.9. The summed E-state index contributed by atoms with van der Waals surface area (Å²) in [5, 5.41) is 12.5. The molecule has 4 rings (SSSR count). The van der Waals surface area contributed by atoms with E-state index in [2.05, 4.69) is 15.3 Å². The maximum atomic E-state index is 12.7. The standard InChI is InChI=1S/C18H19ClN4O5S/c19-14-8-20-18(21-13-3-5-28-6-4-13)22-17(14)11-1-2-12-9-23(10-16(24)25)29(26,27)15(12)7-11/h1-2,7-8,13H,3-6,9-10H2,(H,24,25)(H,20,21,22). The number of halogens is 1. The molecule has 0 radical (unpaired) electrons. The van der Waals surface area contributed by atoms with Gasteiger partial charge in [-0.15, -0.1) is 0 Å². The molecule has 0 amide bonds. The van der Waals surface area contributed by atoms with Crippen LogP contribution in [0.25, 0.3) is 11.3 Å². The Kier molecular flexibility index (Phi) is 5.43. The van der Waals surface area contributed by atoms with E-state index in [0.717, 1.165) is 17.1 Å². The van der Waals surface area contributed by atoms with Crippen LogP contribution < -0.4 is 5.32 Å². The van der Waals surface area contributed by atoms with Gasteiger partial charge in [-0.2, -0.15) is 4.31 Å². The summed E-state index contributed by atoms with van der Waals surface area (Å²) in [5.74, 6) is -0.795. The summed E-state index contributed by atoms with van der Waals surface area (Å²) in [4.78, 5) is 19.7. The van der Waals surface area contributed by atoms with Gasteiger partial charge in [-0.05, 0) is 24.5 Å². The van der Waals surface area contributed by atoms with Gasteiger partial charge in [-0.25, -0.2) is 18.4 Å². The topological polar surface area (TPSA) is 122 Å². The van der Waals surface area contributed by atoms with E-state index in [1.165, 1.54) is 12.3 Å². The number of carboxylic acids is 1. The number of benzene rings is 1. The second kappa shape index (κ2) is 7.86. The highest BCUT2D eigenvalue weighted by Gasteiger charge is 2.36. The zero-order valence-electron chi connectivity index (χ0n) is 15.3. The van der Waals surface area contributed by atoms with Crippen molar-refractivity contribution >= 4 is 33.5 Å². The van der Waals surface area contributed by atoms with Gasteiger partial charge in [0, 0.05) is 31.4 Å². The lowest BCUT2D eigenvalue weighted by Crippen LogP contribution is -2.30. The number of carboxylic acid groups (broad SMARTS) is 1. The molecule has 2 aliphatic heterocycles. The third kappa shape index (κ3) is 4.06. The number of nitrogens with zero attached hydrogens (tertiary/aromatic N) is 3. The number of sulfonamides is 1. The Labute approximate surface area is 172 Å². The lowest BCUT2D eigenvalue weighted by Gasteiger charge is -2.23. The van der Waals surface area contributed by atoms with Gasteiger partial charge in [0.05, 0.1) is 21.8 Å². The van der Waals surface area contributed by atoms with Crippen molar-refractivity contribution in [2.24, 2.45) is 0 Å². The average Bonchev–Trinajstić information content (AvgIpc) is 2.93. The number of hydrogen-bond acceptors (Lipinski definition) is 7. The zero-order chi connectivity index (χ0) is 20.6. The van der Waals surface area contributed by atoms with Gasteiger partial charge in [0.2, 0.25) is 16.0 Å². The van der Waals surface area contributed by atoms with E-state index in [0.29, 0.717) is 41.0 Å². The molecule has 9 nitrogen and oxygen atoms in total. The highest BCUT2D eigenvalue weighted by atomic mass is 35.5. The second-order valence-corrected chi connectivity index (χ2v) is 9.22. The van der Waals surface area contributed by atoms with Gasteiger partial charge < -0.3 is 15.2 Å². The van der Waals surface area contributed by atoms with Crippen LogP contribution in [-0.4, -0.2) is 59.6 Å². The normalized spacial score (nSPS) is 19.1. The third-order valence-corrected chi connectivity index (χ3v) is 7.07. The Morgan fingerprint density at radius 2 is 2.10 bits per heavy atom. The molecule has 0 aliphatic carbocycles. The van der Waals surface area contributed by atoms with Crippen molar-refractivity contribution in [2.45, 2.75) is 30.3 Å². The molecule has 0 unspecified atom stereocenters. The lowest BCUT2D eigenvalue weighted by molar-refractivity contribution is -0.137. The number of hydrogen-bond donors (Lipinski definition) is 2. The predicted molar refractivity (Wildman–Crippen MR) is 105 cm³/mol. The van der Waals surface area contributed by atoms with Crippen LogP contribution in [0.5, 0.6) is 0 Å². The molecular weight excluding hydrogens is 420 g/mol. The van der Waals surface area contributed by atoms with Gasteiger partial charge in [0.1, 0.15) is 6.54 Å². The van der Waals surface area contributed by atoms with Crippen LogP contribution in [-0.2, 0) is 26.1 Å². The number of rotatable bonds is 5. The quantitative estimate of drug-likeness (QED) is 0.726. The molecule has 29 heavy (non-hydrogen) atoms. The molecule has 1 aromatic heterocycles. The van der Waals surface area contributed by atoms with Crippen molar-refractivity contribution in [3.8, 4) is 11.3 Å². The first kappa shape index (κ1) is 20.0. The number of nitrogens with one attached hydrogen (secondary N) is 1. The van der Waals surface area contributed by atoms with Crippen molar-refractivity contribution in [3.63, 3.8) is 0 Å². The molecule has 2 aromatic rings. The largest absolute Gasteiger partial charge is 0.480 e. The Morgan fingerprint density at radius 3 is 2.83 bits per heavy atom. The molecular formula is C18H19ClN4O5S. The average molecular weight is 439 g/mol. The minimum Gasteiger partial charge on any atom is -0.480 e. The summed E-state index contributed by atoms with van der Waals surface area (Å²) in [6, 6.07) is 5.07. The van der Waals surface area contributed by atoms with Crippen molar-refractivity contribution in [3.05, 3.63) is 35.0 Å². The van der Waals surface area contributed by atoms with Crippen molar-refractivity contribution in [1.82, 2.24) is 14.3 Å². The van der Waals surface area contributed by atoms with Gasteiger partial charge in [-0.3, -0.25) is 4.79 Å². The molecule has 1 saturated heterocycles. The monoisotopic (exact) mass is 438 g/mol. The summed E-state index contributed by atoms with van der Waals surface area (Å²) in [6.07, 6.45) is 3.17. The Morgan fingerprint density at radius 1 is 1.34 bits per heavy atom. The Balaban J connectivity index is 1.65. The van der Waals surface area contributed by atoms with Crippen molar-refractivity contribution < 1.29 is 23.1 Å². The summed E-state index contributed by atoms with van der Waals surface area (Å²) < 4.78 is 31.7. The van der Waals surface area contributed by atoms with Crippen LogP contribution in [0, 0.1) is 0 Å². The molecule has 2 N–H and O–H groups in total. The molecule has 11 heteroatoms. The fourth-order valence-corrected chi connectivity index (χ4v) is 5.25. The number of aromatic nitrogens is 2. The van der Waals surface area contributed by atoms with E-state index in [4.69, 9.17) is 21.4 Å². The SMILES string of the molecule is O=C(O)CN1Cc2ccc(-c3nc(NC4CCOCC4)ncc3Cl)cc2S1(=O)=O. The highest BCUT2D eigenvalue weighted by Crippen LogP contribution is 2.35. The number of anilines is 1. The van der Waals surface area contributed by atoms with Gasteiger partial charge in [0.25, 0.3) is 0 Å². The molecule has 3 heterocycles. The number of ether oxygens (including phenoxy) is 1. The van der Waals surface area contributed by atoms with Crippen LogP contribution in [0.4, 0.5) is 5.95 Å². The van der Waals surface area contributed by atoms with E-state index in [1.807, 2.05) is 0 Å². The van der Waals surface area contributed by atoms with E-state index >= 15 is 0 Å². The van der Waals surface area contributed by atoms with Crippen LogP contribution in [0.15, 0.2) is 29.3 Å². The van der Waals surface area contributed by atoms with E-state index in [9.17, 15) is 13.2 Å². The lowest BCUT2D eigenvalue weighted by atomic mass is 10.1. The molecule has 0 atom stereocenters. The predicted octanol–water partition coefficient (Wildman–Crippen LogP) is 1.98. The summed E-state index contributed by atoms with van der Waals surface area (Å²) in [6.45, 7) is 0.791. The Bertz CT molecular complexity index is 1060. The molecule has 154 valence electrons. The fourth-order valence-electron chi connectivity index (χ4n) is 3.44. The maximum Gasteiger partial charge on any atom is 0.318 e. The minimum atomic E-state index is -3.88. The first-order valence-corrected chi connectivity index (χ1v) is 10.9. The molecule has 1 fully saturated rings. The molecule has 0 spiro atoms. The third-order valence-electron chi connectivity index (χ3n) is 4.92.